The molecule has 0 saturated carbocycles. The van der Waals surface area contributed by atoms with Crippen molar-refractivity contribution < 1.29 is 9.90 Å². The van der Waals surface area contributed by atoms with Crippen LogP contribution in [0.15, 0.2) is 12.1 Å². The van der Waals surface area contributed by atoms with E-state index in [0.717, 1.165) is 5.56 Å². The number of phenolic OH excluding ortho intramolecular Hbond substituents is 1. The van der Waals surface area contributed by atoms with Gasteiger partial charge >= 0.3 is 0 Å². The maximum atomic E-state index is 11.3. The predicted octanol–water partition coefficient (Wildman–Crippen LogP) is 1.86. The molecule has 3 N–H and O–H groups in total. The summed E-state index contributed by atoms with van der Waals surface area (Å²) in [6.45, 7) is 1.78. The van der Waals surface area contributed by atoms with Crippen LogP contribution in [-0.2, 0) is 0 Å². The molecule has 0 heterocycles. The molecule has 0 radical (unpaired) electrons. The average molecular weight is 244 g/mol. The lowest BCUT2D eigenvalue weighted by atomic mass is 10.0. The zero-order chi connectivity index (χ0) is 10.0. The largest absolute Gasteiger partial charge is 0.506 e. The third-order valence-corrected chi connectivity index (χ3v) is 2.30. The molecule has 0 saturated heterocycles. The van der Waals surface area contributed by atoms with Gasteiger partial charge in [-0.15, -0.1) is 0 Å². The molecule has 3 nitrogen and oxygen atoms in total. The van der Waals surface area contributed by atoms with Crippen molar-refractivity contribution in [3.05, 3.63) is 23.3 Å². The van der Waals surface area contributed by atoms with E-state index in [0.29, 0.717) is 11.3 Å². The smallest absolute Gasteiger partial charge is 0.173 e. The predicted molar refractivity (Wildman–Crippen MR) is 55.4 cm³/mol. The number of ketones is 1. The number of halogens is 1. The van der Waals surface area contributed by atoms with Crippen LogP contribution in [-0.4, -0.2) is 16.2 Å². The third kappa shape index (κ3) is 2.01. The summed E-state index contributed by atoms with van der Waals surface area (Å²) in [7, 11) is 0. The fourth-order valence-corrected chi connectivity index (χ4v) is 1.39. The van der Waals surface area contributed by atoms with Gasteiger partial charge in [0.25, 0.3) is 0 Å². The second-order valence-corrected chi connectivity index (χ2v) is 3.34. The number of hydrogen-bond donors (Lipinski definition) is 2. The Morgan fingerprint density at radius 1 is 1.62 bits per heavy atom. The van der Waals surface area contributed by atoms with Crippen molar-refractivity contribution >= 4 is 27.4 Å². The molecule has 0 bridgehead atoms. The highest BCUT2D eigenvalue weighted by atomic mass is 79.9. The topological polar surface area (TPSA) is 63.3 Å². The molecule has 0 aliphatic rings. The minimum Gasteiger partial charge on any atom is -0.506 e. The molecule has 13 heavy (non-hydrogen) atoms. The van der Waals surface area contributed by atoms with Gasteiger partial charge < -0.3 is 10.8 Å². The Balaban J connectivity index is 3.23. The van der Waals surface area contributed by atoms with Gasteiger partial charge in [-0.25, -0.2) is 0 Å². The first kappa shape index (κ1) is 10.1. The van der Waals surface area contributed by atoms with Crippen LogP contribution in [0.5, 0.6) is 5.75 Å². The van der Waals surface area contributed by atoms with Crippen molar-refractivity contribution in [3.63, 3.8) is 0 Å². The Kier molecular flexibility index (Phi) is 2.93. The van der Waals surface area contributed by atoms with E-state index in [-0.39, 0.29) is 16.9 Å². The first-order chi connectivity index (χ1) is 6.06. The normalized spacial score (nSPS) is 10.0. The molecular weight excluding hydrogens is 234 g/mol. The summed E-state index contributed by atoms with van der Waals surface area (Å²) in [5, 5.41) is 9.52. The van der Waals surface area contributed by atoms with Crippen molar-refractivity contribution in [1.29, 1.82) is 0 Å². The fraction of sp³-hybridized carbons (Fsp3) is 0.222. The highest BCUT2D eigenvalue weighted by Gasteiger charge is 2.10. The number of Topliss-reactive ketones (excluding diaryl/α,β-unsaturated/α-hetero) is 1. The Labute approximate surface area is 84.7 Å². The minimum absolute atomic E-state index is 0.0464. The molecule has 4 heteroatoms. The monoisotopic (exact) mass is 243 g/mol. The van der Waals surface area contributed by atoms with E-state index in [1.165, 1.54) is 6.07 Å². The van der Waals surface area contributed by atoms with E-state index in [2.05, 4.69) is 15.9 Å². The average Bonchev–Trinajstić information content (AvgIpc) is 2.10. The molecular formula is C9H10BrNO2. The number of nitrogens with two attached hydrogens (primary N) is 1. The quantitative estimate of drug-likeness (QED) is 0.361. The van der Waals surface area contributed by atoms with Crippen LogP contribution >= 0.6 is 15.9 Å². The first-order valence-electron chi connectivity index (χ1n) is 3.74. The van der Waals surface area contributed by atoms with Crippen molar-refractivity contribution in [2.24, 2.45) is 0 Å². The number of alkyl halides is 1. The van der Waals surface area contributed by atoms with Gasteiger partial charge in [-0.05, 0) is 24.6 Å². The van der Waals surface area contributed by atoms with Crippen molar-refractivity contribution in [2.75, 3.05) is 11.1 Å². The summed E-state index contributed by atoms with van der Waals surface area (Å²) >= 11 is 3.07. The number of rotatable bonds is 2. The number of hydrogen-bond acceptors (Lipinski definition) is 3. The van der Waals surface area contributed by atoms with Crippen LogP contribution in [0.25, 0.3) is 0 Å². The molecule has 70 valence electrons. The molecule has 1 rings (SSSR count). The summed E-state index contributed by atoms with van der Waals surface area (Å²) in [4.78, 5) is 11.3. The molecule has 1 aromatic carbocycles. The fourth-order valence-electron chi connectivity index (χ4n) is 1.09. The van der Waals surface area contributed by atoms with Crippen LogP contribution in [0.1, 0.15) is 15.9 Å². The maximum absolute atomic E-state index is 11.3. The Hall–Kier alpha value is -1.03. The summed E-state index contributed by atoms with van der Waals surface area (Å²) in [6, 6.07) is 2.99. The lowest BCUT2D eigenvalue weighted by molar-refractivity contribution is 0.102. The van der Waals surface area contributed by atoms with Gasteiger partial charge in [0.05, 0.1) is 11.0 Å². The number of anilines is 1. The molecule has 0 aliphatic heterocycles. The third-order valence-electron chi connectivity index (χ3n) is 1.80. The summed E-state index contributed by atoms with van der Waals surface area (Å²) in [6.07, 6.45) is 0. The Bertz CT molecular complexity index is 350. The van der Waals surface area contributed by atoms with Gasteiger partial charge in [0.1, 0.15) is 5.75 Å². The number of carbonyl (C=O) groups is 1. The highest BCUT2D eigenvalue weighted by molar-refractivity contribution is 9.09. The number of carbonyl (C=O) groups excluding carboxylic acids is 1. The van der Waals surface area contributed by atoms with Gasteiger partial charge in [0.15, 0.2) is 5.78 Å². The van der Waals surface area contributed by atoms with Crippen LogP contribution in [0.4, 0.5) is 5.69 Å². The standard InChI is InChI=1S/C9H10BrNO2/c1-5-2-7(11)8(12)3-6(5)9(13)4-10/h2-3,12H,4,11H2,1H3. The zero-order valence-electron chi connectivity index (χ0n) is 7.17. The first-order valence-corrected chi connectivity index (χ1v) is 4.86. The van der Waals surface area contributed by atoms with Crippen LogP contribution in [0.2, 0.25) is 0 Å². The molecule has 1 aromatic rings. The Morgan fingerprint density at radius 3 is 2.77 bits per heavy atom. The van der Waals surface area contributed by atoms with Gasteiger partial charge in [-0.3, -0.25) is 4.79 Å². The molecule has 0 aromatic heterocycles. The van der Waals surface area contributed by atoms with E-state index < -0.39 is 0 Å². The second kappa shape index (κ2) is 3.79. The lowest BCUT2D eigenvalue weighted by Crippen LogP contribution is -2.03. The van der Waals surface area contributed by atoms with Crippen molar-refractivity contribution in [1.82, 2.24) is 0 Å². The van der Waals surface area contributed by atoms with Crippen molar-refractivity contribution in [2.45, 2.75) is 6.92 Å². The number of aromatic hydroxyl groups is 1. The van der Waals surface area contributed by atoms with Gasteiger partial charge in [-0.1, -0.05) is 15.9 Å². The number of benzene rings is 1. The summed E-state index contributed by atoms with van der Waals surface area (Å²) < 4.78 is 0. The van der Waals surface area contributed by atoms with Crippen LogP contribution in [0, 0.1) is 6.92 Å². The second-order valence-electron chi connectivity index (χ2n) is 2.78. The number of phenols is 1. The van der Waals surface area contributed by atoms with Crippen molar-refractivity contribution in [3.8, 4) is 5.75 Å². The van der Waals surface area contributed by atoms with E-state index in [9.17, 15) is 9.90 Å². The Morgan fingerprint density at radius 2 is 2.23 bits per heavy atom. The van der Waals surface area contributed by atoms with Gasteiger partial charge in [0.2, 0.25) is 0 Å². The molecule has 0 atom stereocenters. The molecule has 0 spiro atoms. The molecule has 0 aliphatic carbocycles. The van der Waals surface area contributed by atoms with Crippen LogP contribution in [0.3, 0.4) is 0 Å². The molecule has 0 fully saturated rings. The molecule has 0 unspecified atom stereocenters. The van der Waals surface area contributed by atoms with E-state index in [1.54, 1.807) is 13.0 Å². The maximum Gasteiger partial charge on any atom is 0.173 e. The summed E-state index contributed by atoms with van der Waals surface area (Å²) in [5.74, 6) is -0.109. The lowest BCUT2D eigenvalue weighted by Gasteiger charge is -2.05. The molecule has 0 amide bonds. The van der Waals surface area contributed by atoms with E-state index in [1.807, 2.05) is 0 Å². The SMILES string of the molecule is Cc1cc(N)c(O)cc1C(=O)CBr. The zero-order valence-corrected chi connectivity index (χ0v) is 8.76. The van der Waals surface area contributed by atoms with Gasteiger partial charge in [0, 0.05) is 5.56 Å². The number of nitrogen functional groups attached to an aromatic ring is 1. The summed E-state index contributed by atoms with van der Waals surface area (Å²) in [5.41, 5.74) is 7.03. The van der Waals surface area contributed by atoms with Crippen LogP contribution < -0.4 is 5.73 Å². The van der Waals surface area contributed by atoms with E-state index >= 15 is 0 Å². The van der Waals surface area contributed by atoms with Gasteiger partial charge in [-0.2, -0.15) is 0 Å². The minimum atomic E-state index is -0.0622. The number of aryl methyl sites for hydroxylation is 1. The van der Waals surface area contributed by atoms with E-state index in [4.69, 9.17) is 5.73 Å². The highest BCUT2D eigenvalue weighted by Crippen LogP contribution is 2.24.